The Labute approximate surface area is 179 Å². The monoisotopic (exact) mass is 489 g/mol. The van der Waals surface area contributed by atoms with Crippen molar-refractivity contribution in [1.29, 1.82) is 0 Å². The summed E-state index contributed by atoms with van der Waals surface area (Å²) in [6.45, 7) is 4.31. The van der Waals surface area contributed by atoms with Crippen molar-refractivity contribution in [3.8, 4) is 5.75 Å². The molecule has 2 rings (SSSR count). The van der Waals surface area contributed by atoms with Crippen molar-refractivity contribution in [2.24, 2.45) is 16.6 Å². The van der Waals surface area contributed by atoms with Crippen molar-refractivity contribution in [3.05, 3.63) is 29.8 Å². The molecule has 1 heterocycles. The maximum atomic E-state index is 11.3. The molecule has 1 aliphatic rings. The van der Waals surface area contributed by atoms with Gasteiger partial charge < -0.3 is 26.0 Å². The summed E-state index contributed by atoms with van der Waals surface area (Å²) in [7, 11) is 3.43. The van der Waals surface area contributed by atoms with Crippen LogP contribution in [0.5, 0.6) is 5.75 Å². The third kappa shape index (κ3) is 8.34. The number of nitrogens with zero attached hydrogens (tertiary/aromatic N) is 2. The van der Waals surface area contributed by atoms with E-state index in [0.717, 1.165) is 62.7 Å². The molecule has 8 heteroatoms. The van der Waals surface area contributed by atoms with E-state index in [4.69, 9.17) is 10.5 Å². The Balaban J connectivity index is 0.00000364. The smallest absolute Gasteiger partial charge is 0.221 e. The summed E-state index contributed by atoms with van der Waals surface area (Å²) in [6, 6.07) is 7.96. The second-order valence-electron chi connectivity index (χ2n) is 6.60. The summed E-state index contributed by atoms with van der Waals surface area (Å²) in [5, 5.41) is 6.64. The van der Waals surface area contributed by atoms with E-state index >= 15 is 0 Å². The van der Waals surface area contributed by atoms with Gasteiger partial charge in [-0.15, -0.1) is 24.0 Å². The first kappa shape index (κ1) is 23.5. The van der Waals surface area contributed by atoms with E-state index in [9.17, 15) is 4.79 Å². The van der Waals surface area contributed by atoms with Gasteiger partial charge in [-0.2, -0.15) is 0 Å². The second kappa shape index (κ2) is 12.8. The van der Waals surface area contributed by atoms with Gasteiger partial charge in [0.15, 0.2) is 5.96 Å². The Morgan fingerprint density at radius 3 is 2.93 bits per heavy atom. The Hall–Kier alpha value is -1.55. The van der Waals surface area contributed by atoms with Gasteiger partial charge >= 0.3 is 0 Å². The SMILES string of the molecule is CN=C(NCCCN1CCCC(C(N)=O)C1)NCc1cccc(OC)c1.I. The van der Waals surface area contributed by atoms with Crippen molar-refractivity contribution >= 4 is 35.8 Å². The molecule has 152 valence electrons. The molecule has 0 spiro atoms. The number of halogens is 1. The highest BCUT2D eigenvalue weighted by molar-refractivity contribution is 14.0. The van der Waals surface area contributed by atoms with Crippen LogP contribution in [0.1, 0.15) is 24.8 Å². The second-order valence-corrected chi connectivity index (χ2v) is 6.60. The minimum absolute atomic E-state index is 0. The molecule has 0 radical (unpaired) electrons. The molecule has 1 fully saturated rings. The van der Waals surface area contributed by atoms with E-state index in [1.165, 1.54) is 0 Å². The number of methoxy groups -OCH3 is 1. The molecule has 1 aliphatic heterocycles. The van der Waals surface area contributed by atoms with Crippen LogP contribution in [-0.2, 0) is 11.3 Å². The molecule has 0 bridgehead atoms. The van der Waals surface area contributed by atoms with Gasteiger partial charge in [0, 0.05) is 26.7 Å². The first-order chi connectivity index (χ1) is 12.6. The third-order valence-electron chi connectivity index (χ3n) is 4.67. The van der Waals surface area contributed by atoms with Crippen molar-refractivity contribution in [2.75, 3.05) is 40.3 Å². The summed E-state index contributed by atoms with van der Waals surface area (Å²) in [5.74, 6) is 1.47. The fourth-order valence-electron chi connectivity index (χ4n) is 3.19. The zero-order valence-electron chi connectivity index (χ0n) is 16.2. The Morgan fingerprint density at radius 2 is 2.22 bits per heavy atom. The number of piperidine rings is 1. The molecule has 1 aromatic rings. The van der Waals surface area contributed by atoms with E-state index < -0.39 is 0 Å². The number of hydrogen-bond donors (Lipinski definition) is 3. The number of guanidine groups is 1. The average Bonchev–Trinajstić information content (AvgIpc) is 2.67. The summed E-state index contributed by atoms with van der Waals surface area (Å²) < 4.78 is 5.24. The summed E-state index contributed by atoms with van der Waals surface area (Å²) >= 11 is 0. The van der Waals surface area contributed by atoms with Crippen LogP contribution >= 0.6 is 24.0 Å². The molecule has 1 aromatic carbocycles. The van der Waals surface area contributed by atoms with E-state index in [1.54, 1.807) is 14.2 Å². The van der Waals surface area contributed by atoms with Crippen LogP contribution in [0.25, 0.3) is 0 Å². The number of carbonyl (C=O) groups excluding carboxylic acids is 1. The first-order valence-electron chi connectivity index (χ1n) is 9.21. The molecule has 4 N–H and O–H groups in total. The molecular weight excluding hydrogens is 457 g/mol. The highest BCUT2D eigenvalue weighted by Crippen LogP contribution is 2.16. The van der Waals surface area contributed by atoms with Gasteiger partial charge in [0.05, 0.1) is 13.0 Å². The number of ether oxygens (including phenoxy) is 1. The van der Waals surface area contributed by atoms with Gasteiger partial charge in [0.25, 0.3) is 0 Å². The minimum Gasteiger partial charge on any atom is -0.497 e. The van der Waals surface area contributed by atoms with Crippen LogP contribution in [-0.4, -0.2) is 57.1 Å². The number of rotatable bonds is 8. The maximum absolute atomic E-state index is 11.3. The molecule has 1 saturated heterocycles. The largest absolute Gasteiger partial charge is 0.497 e. The Kier molecular flexibility index (Phi) is 11.1. The zero-order valence-corrected chi connectivity index (χ0v) is 18.6. The number of nitrogens with one attached hydrogen (secondary N) is 2. The lowest BCUT2D eigenvalue weighted by Crippen LogP contribution is -2.42. The van der Waals surface area contributed by atoms with E-state index in [-0.39, 0.29) is 35.8 Å². The maximum Gasteiger partial charge on any atom is 0.221 e. The zero-order chi connectivity index (χ0) is 18.8. The summed E-state index contributed by atoms with van der Waals surface area (Å²) in [4.78, 5) is 17.9. The average molecular weight is 489 g/mol. The quantitative estimate of drug-likeness (QED) is 0.223. The number of nitrogens with two attached hydrogens (primary N) is 1. The van der Waals surface area contributed by atoms with Gasteiger partial charge in [-0.05, 0) is 50.0 Å². The molecule has 1 atom stereocenters. The van der Waals surface area contributed by atoms with Crippen molar-refractivity contribution < 1.29 is 9.53 Å². The predicted molar refractivity (Wildman–Crippen MR) is 120 cm³/mol. The predicted octanol–water partition coefficient (Wildman–Crippen LogP) is 1.57. The van der Waals surface area contributed by atoms with Gasteiger partial charge in [-0.3, -0.25) is 9.79 Å². The molecule has 27 heavy (non-hydrogen) atoms. The van der Waals surface area contributed by atoms with Gasteiger partial charge in [-0.25, -0.2) is 0 Å². The lowest BCUT2D eigenvalue weighted by atomic mass is 9.97. The number of carbonyl (C=O) groups is 1. The number of amides is 1. The number of hydrogen-bond acceptors (Lipinski definition) is 4. The fraction of sp³-hybridized carbons (Fsp3) is 0.579. The minimum atomic E-state index is -0.171. The van der Waals surface area contributed by atoms with Crippen molar-refractivity contribution in [2.45, 2.75) is 25.8 Å². The molecule has 0 saturated carbocycles. The Morgan fingerprint density at radius 1 is 1.41 bits per heavy atom. The molecular formula is C19H32IN5O2. The third-order valence-corrected chi connectivity index (χ3v) is 4.67. The molecule has 1 unspecified atom stereocenters. The highest BCUT2D eigenvalue weighted by atomic mass is 127. The van der Waals surface area contributed by atoms with Crippen molar-refractivity contribution in [3.63, 3.8) is 0 Å². The van der Waals surface area contributed by atoms with E-state index in [0.29, 0.717) is 6.54 Å². The van der Waals surface area contributed by atoms with E-state index in [1.807, 2.05) is 24.3 Å². The fourth-order valence-corrected chi connectivity index (χ4v) is 3.19. The molecule has 7 nitrogen and oxygen atoms in total. The number of primary amides is 1. The summed E-state index contributed by atoms with van der Waals surface area (Å²) in [5.41, 5.74) is 6.57. The normalized spacial score (nSPS) is 17.7. The van der Waals surface area contributed by atoms with Crippen LogP contribution in [0.3, 0.4) is 0 Å². The van der Waals surface area contributed by atoms with Crippen LogP contribution in [0.4, 0.5) is 0 Å². The lowest BCUT2D eigenvalue weighted by Gasteiger charge is -2.31. The van der Waals surface area contributed by atoms with Gasteiger partial charge in [0.1, 0.15) is 5.75 Å². The van der Waals surface area contributed by atoms with E-state index in [2.05, 4.69) is 20.5 Å². The topological polar surface area (TPSA) is 92.0 Å². The standard InChI is InChI=1S/C19H31N5O2.HI/c1-21-19(23-13-15-6-3-8-17(12-15)26-2)22-9-5-11-24-10-4-7-16(14-24)18(20)25;/h3,6,8,12,16H,4-5,7,9-11,13-14H2,1-2H3,(H2,20,25)(H2,21,22,23);1H. The number of likely N-dealkylation sites (tertiary alicyclic amines) is 1. The van der Waals surface area contributed by atoms with Crippen LogP contribution < -0.4 is 21.1 Å². The molecule has 0 aliphatic carbocycles. The van der Waals surface area contributed by atoms with Gasteiger partial charge in [-0.1, -0.05) is 12.1 Å². The van der Waals surface area contributed by atoms with Crippen LogP contribution in [0.15, 0.2) is 29.3 Å². The van der Waals surface area contributed by atoms with Crippen LogP contribution in [0, 0.1) is 5.92 Å². The first-order valence-corrected chi connectivity index (χ1v) is 9.21. The summed E-state index contributed by atoms with van der Waals surface area (Å²) in [6.07, 6.45) is 2.96. The molecule has 1 amide bonds. The molecule has 0 aromatic heterocycles. The van der Waals surface area contributed by atoms with Crippen molar-refractivity contribution in [1.82, 2.24) is 15.5 Å². The Bertz CT molecular complexity index is 612. The highest BCUT2D eigenvalue weighted by Gasteiger charge is 2.23. The number of benzene rings is 1. The van der Waals surface area contributed by atoms with Crippen LogP contribution in [0.2, 0.25) is 0 Å². The van der Waals surface area contributed by atoms with Gasteiger partial charge in [0.2, 0.25) is 5.91 Å². The number of aliphatic imine (C=N–C) groups is 1. The lowest BCUT2D eigenvalue weighted by molar-refractivity contribution is -0.123.